The largest absolute Gasteiger partial charge is 0.438 e. The van der Waals surface area contributed by atoms with Gasteiger partial charge in [0.25, 0.3) is 0 Å². The van der Waals surface area contributed by atoms with Gasteiger partial charge in [0.2, 0.25) is 11.8 Å². The number of aryl methyl sites for hydroxylation is 1. The summed E-state index contributed by atoms with van der Waals surface area (Å²) in [5, 5.41) is 9.90. The summed E-state index contributed by atoms with van der Waals surface area (Å²) in [5.41, 5.74) is 1.75. The van der Waals surface area contributed by atoms with Crippen molar-refractivity contribution in [3.8, 4) is 11.6 Å². The molecule has 132 valence electrons. The lowest BCUT2D eigenvalue weighted by Gasteiger charge is -2.21. The molecule has 2 atom stereocenters. The molecule has 1 amide bonds. The van der Waals surface area contributed by atoms with Gasteiger partial charge in [-0.1, -0.05) is 0 Å². The van der Waals surface area contributed by atoms with E-state index in [4.69, 9.17) is 9.47 Å². The molecule has 2 heterocycles. The number of hydrogen-bond acceptors (Lipinski definition) is 4. The number of amides is 1. The van der Waals surface area contributed by atoms with E-state index in [1.54, 1.807) is 0 Å². The van der Waals surface area contributed by atoms with Crippen LogP contribution in [0.3, 0.4) is 0 Å². The molecular formula is C19H23N3O3. The molecule has 0 spiro atoms. The first-order chi connectivity index (χ1) is 12.2. The van der Waals surface area contributed by atoms with Crippen LogP contribution in [-0.2, 0) is 9.53 Å². The molecule has 2 aromatic rings. The Hall–Kier alpha value is -2.34. The minimum Gasteiger partial charge on any atom is -0.438 e. The maximum atomic E-state index is 12.4. The summed E-state index contributed by atoms with van der Waals surface area (Å²) < 4.78 is 11.1. The summed E-state index contributed by atoms with van der Waals surface area (Å²) >= 11 is 0. The van der Waals surface area contributed by atoms with Gasteiger partial charge in [-0.25, -0.2) is 0 Å². The Morgan fingerprint density at radius 3 is 2.72 bits per heavy atom. The third kappa shape index (κ3) is 3.85. The third-order valence-electron chi connectivity index (χ3n) is 5.07. The number of aromatic nitrogens is 2. The highest BCUT2D eigenvalue weighted by molar-refractivity contribution is 5.94. The van der Waals surface area contributed by atoms with E-state index in [9.17, 15) is 4.79 Å². The van der Waals surface area contributed by atoms with Crippen LogP contribution in [0.5, 0.6) is 11.6 Å². The van der Waals surface area contributed by atoms with E-state index in [0.717, 1.165) is 43.9 Å². The molecule has 0 radical (unpaired) electrons. The van der Waals surface area contributed by atoms with Gasteiger partial charge in [0.15, 0.2) is 0 Å². The van der Waals surface area contributed by atoms with E-state index in [2.05, 4.69) is 15.5 Å². The molecule has 1 aliphatic carbocycles. The molecule has 1 aromatic heterocycles. The van der Waals surface area contributed by atoms with Crippen molar-refractivity contribution >= 4 is 11.6 Å². The summed E-state index contributed by atoms with van der Waals surface area (Å²) in [4.78, 5) is 12.4. The molecule has 4 rings (SSSR count). The van der Waals surface area contributed by atoms with Gasteiger partial charge in [-0.05, 0) is 62.3 Å². The van der Waals surface area contributed by atoms with E-state index in [1.807, 2.05) is 37.3 Å². The van der Waals surface area contributed by atoms with Gasteiger partial charge in [-0.15, -0.1) is 5.10 Å². The maximum Gasteiger partial charge on any atom is 0.238 e. The summed E-state index contributed by atoms with van der Waals surface area (Å²) in [5.74, 6) is 2.70. The summed E-state index contributed by atoms with van der Waals surface area (Å²) in [6, 6.07) is 9.22. The smallest absolute Gasteiger partial charge is 0.238 e. The number of nitrogens with zero attached hydrogens (tertiary/aromatic N) is 1. The Morgan fingerprint density at radius 1 is 1.28 bits per heavy atom. The van der Waals surface area contributed by atoms with Crippen molar-refractivity contribution in [2.24, 2.45) is 17.8 Å². The van der Waals surface area contributed by atoms with Gasteiger partial charge in [0.1, 0.15) is 5.75 Å². The van der Waals surface area contributed by atoms with Gasteiger partial charge in [0, 0.05) is 36.6 Å². The molecule has 1 aromatic carbocycles. The molecule has 2 fully saturated rings. The maximum absolute atomic E-state index is 12.4. The number of carbonyl (C=O) groups is 1. The number of ether oxygens (including phenoxy) is 2. The van der Waals surface area contributed by atoms with Gasteiger partial charge < -0.3 is 14.8 Å². The first kappa shape index (κ1) is 16.1. The molecule has 6 heteroatoms. The van der Waals surface area contributed by atoms with E-state index in [1.165, 1.54) is 0 Å². The molecule has 1 saturated heterocycles. The fourth-order valence-electron chi connectivity index (χ4n) is 3.59. The molecule has 1 aliphatic heterocycles. The monoisotopic (exact) mass is 341 g/mol. The van der Waals surface area contributed by atoms with Crippen molar-refractivity contribution in [2.45, 2.75) is 26.2 Å². The molecule has 0 unspecified atom stereocenters. The minimum absolute atomic E-state index is 0.132. The lowest BCUT2D eigenvalue weighted by molar-refractivity contribution is -0.117. The highest BCUT2D eigenvalue weighted by atomic mass is 16.5. The van der Waals surface area contributed by atoms with Gasteiger partial charge in [0.05, 0.1) is 0 Å². The summed E-state index contributed by atoms with van der Waals surface area (Å²) in [6.07, 6.45) is 3.19. The quantitative estimate of drug-likeness (QED) is 0.872. The van der Waals surface area contributed by atoms with E-state index in [0.29, 0.717) is 23.5 Å². The van der Waals surface area contributed by atoms with Crippen LogP contribution < -0.4 is 10.1 Å². The number of benzene rings is 1. The van der Waals surface area contributed by atoms with E-state index in [-0.39, 0.29) is 11.8 Å². The van der Waals surface area contributed by atoms with Crippen molar-refractivity contribution in [3.05, 3.63) is 36.0 Å². The van der Waals surface area contributed by atoms with Gasteiger partial charge in [-0.2, -0.15) is 0 Å². The summed E-state index contributed by atoms with van der Waals surface area (Å²) in [7, 11) is 0. The van der Waals surface area contributed by atoms with Crippen LogP contribution in [0, 0.1) is 24.7 Å². The molecule has 2 N–H and O–H groups in total. The Balaban J connectivity index is 1.30. The summed E-state index contributed by atoms with van der Waals surface area (Å²) in [6.45, 7) is 3.60. The fourth-order valence-corrected chi connectivity index (χ4v) is 3.59. The predicted octanol–water partition coefficient (Wildman–Crippen LogP) is 3.51. The molecule has 2 aliphatic rings. The first-order valence-corrected chi connectivity index (χ1v) is 8.87. The Labute approximate surface area is 146 Å². The van der Waals surface area contributed by atoms with Crippen molar-refractivity contribution < 1.29 is 14.3 Å². The van der Waals surface area contributed by atoms with Crippen molar-refractivity contribution in [3.63, 3.8) is 0 Å². The van der Waals surface area contributed by atoms with Crippen LogP contribution in [0.25, 0.3) is 0 Å². The normalized spacial score (nSPS) is 23.2. The van der Waals surface area contributed by atoms with E-state index < -0.39 is 0 Å². The average Bonchev–Trinajstić information content (AvgIpc) is 3.34. The second kappa shape index (κ2) is 6.88. The predicted molar refractivity (Wildman–Crippen MR) is 93.6 cm³/mol. The van der Waals surface area contributed by atoms with Crippen LogP contribution in [0.15, 0.2) is 30.3 Å². The second-order valence-corrected chi connectivity index (χ2v) is 6.96. The highest BCUT2D eigenvalue weighted by Gasteiger charge is 2.47. The number of carbonyl (C=O) groups excluding carboxylic acids is 1. The molecule has 1 saturated carbocycles. The zero-order chi connectivity index (χ0) is 17.2. The topological polar surface area (TPSA) is 76.2 Å². The molecule has 6 nitrogen and oxygen atoms in total. The molecule has 25 heavy (non-hydrogen) atoms. The first-order valence-electron chi connectivity index (χ1n) is 8.87. The lowest BCUT2D eigenvalue weighted by Crippen LogP contribution is -2.21. The number of H-pyrrole nitrogens is 1. The third-order valence-corrected chi connectivity index (χ3v) is 5.07. The van der Waals surface area contributed by atoms with Crippen LogP contribution in [0.4, 0.5) is 5.69 Å². The number of nitrogens with one attached hydrogen (secondary N) is 2. The zero-order valence-corrected chi connectivity index (χ0v) is 14.3. The average molecular weight is 341 g/mol. The Bertz CT molecular complexity index is 735. The molecule has 0 bridgehead atoms. The minimum atomic E-state index is 0.132. The van der Waals surface area contributed by atoms with E-state index >= 15 is 0 Å². The van der Waals surface area contributed by atoms with Crippen LogP contribution in [0.2, 0.25) is 0 Å². The SMILES string of the molecule is Cc1cc(Oc2ccc(NC(=O)[C@@H]3C[C@H]3C3CCOCC3)cc2)n[nH]1. The Kier molecular flexibility index (Phi) is 4.44. The number of aromatic amines is 1. The highest BCUT2D eigenvalue weighted by Crippen LogP contribution is 2.48. The zero-order valence-electron chi connectivity index (χ0n) is 14.3. The number of rotatable bonds is 5. The van der Waals surface area contributed by atoms with Crippen LogP contribution in [-0.4, -0.2) is 29.3 Å². The molecular weight excluding hydrogens is 318 g/mol. The fraction of sp³-hybridized carbons (Fsp3) is 0.474. The number of anilines is 1. The van der Waals surface area contributed by atoms with Crippen molar-refractivity contribution in [1.29, 1.82) is 0 Å². The lowest BCUT2D eigenvalue weighted by atomic mass is 9.93. The van der Waals surface area contributed by atoms with Crippen LogP contribution in [0.1, 0.15) is 25.0 Å². The van der Waals surface area contributed by atoms with Crippen molar-refractivity contribution in [2.75, 3.05) is 18.5 Å². The van der Waals surface area contributed by atoms with Gasteiger partial charge in [-0.3, -0.25) is 9.89 Å². The number of hydrogen-bond donors (Lipinski definition) is 2. The van der Waals surface area contributed by atoms with Crippen LogP contribution >= 0.6 is 0 Å². The Morgan fingerprint density at radius 2 is 2.04 bits per heavy atom. The van der Waals surface area contributed by atoms with Gasteiger partial charge >= 0.3 is 0 Å². The van der Waals surface area contributed by atoms with Crippen molar-refractivity contribution in [1.82, 2.24) is 10.2 Å². The standard InChI is InChI=1S/C19H23N3O3/c1-12-10-18(22-21-12)25-15-4-2-14(3-5-15)20-19(23)17-11-16(17)13-6-8-24-9-7-13/h2-5,10,13,16-17H,6-9,11H2,1H3,(H,20,23)(H,21,22)/t16-,17+/m0/s1. The second-order valence-electron chi connectivity index (χ2n) is 6.96.